The van der Waals surface area contributed by atoms with Gasteiger partial charge in [-0.1, -0.05) is 5.10 Å². The summed E-state index contributed by atoms with van der Waals surface area (Å²) in [4.78, 5) is 0. The van der Waals surface area contributed by atoms with Crippen molar-refractivity contribution in [3.05, 3.63) is 6.39 Å². The normalized spacial score (nSPS) is 8.00. The smallest absolute Gasteiger partial charge is 0.309 e. The third-order valence-electron chi connectivity index (χ3n) is 0.204. The Balaban J connectivity index is 3.13. The van der Waals surface area contributed by atoms with Gasteiger partial charge >= 0.3 is 6.39 Å². The quantitative estimate of drug-likeness (QED) is 0.403. The summed E-state index contributed by atoms with van der Waals surface area (Å²) in [7, 11) is 0. The van der Waals surface area contributed by atoms with E-state index in [1.54, 1.807) is 0 Å². The van der Waals surface area contributed by atoms with Gasteiger partial charge in [0.2, 0.25) is 0 Å². The van der Waals surface area contributed by atoms with Crippen LogP contribution in [0.5, 0.6) is 0 Å². The van der Waals surface area contributed by atoms with Gasteiger partial charge in [-0.3, -0.25) is 0 Å². The maximum Gasteiger partial charge on any atom is 0.338 e. The van der Waals surface area contributed by atoms with Crippen LogP contribution in [0.15, 0.2) is 4.52 Å². The zero-order chi connectivity index (χ0) is 3.54. The van der Waals surface area contributed by atoms with Crippen LogP contribution in [0.1, 0.15) is 0 Å². The fourth-order valence-corrected chi connectivity index (χ4v) is 0.0913. The minimum atomic E-state index is 2.01. The van der Waals surface area contributed by atoms with Crippen LogP contribution in [0.3, 0.4) is 0 Å². The lowest BCUT2D eigenvalue weighted by atomic mass is 11.6. The van der Waals surface area contributed by atoms with Crippen LogP contribution in [0.25, 0.3) is 0 Å². The Hall–Kier alpha value is -0.930. The molecule has 25 valence electrons. The highest BCUT2D eigenvalue weighted by Crippen LogP contribution is 1.53. The molecule has 0 N–H and O–H groups in total. The lowest BCUT2D eigenvalue weighted by Gasteiger charge is -1.39. The lowest BCUT2D eigenvalue weighted by molar-refractivity contribution is 0.386. The molecule has 0 fully saturated rings. The molecule has 0 aromatic carbocycles. The van der Waals surface area contributed by atoms with E-state index in [9.17, 15) is 0 Å². The van der Waals surface area contributed by atoms with E-state index in [2.05, 4.69) is 20.1 Å². The van der Waals surface area contributed by atoms with E-state index < -0.39 is 0 Å². The van der Waals surface area contributed by atoms with Crippen molar-refractivity contribution >= 4 is 0 Å². The summed E-state index contributed by atoms with van der Waals surface area (Å²) in [6.45, 7) is 0. The summed E-state index contributed by atoms with van der Waals surface area (Å²) < 4.78 is 3.99. The van der Waals surface area contributed by atoms with Gasteiger partial charge in [0.1, 0.15) is 0 Å². The molecule has 5 heavy (non-hydrogen) atoms. The number of hydrogen-bond donors (Lipinski definition) is 0. The van der Waals surface area contributed by atoms with Crippen molar-refractivity contribution < 1.29 is 4.52 Å². The predicted molar refractivity (Wildman–Crippen MR) is 10.9 cm³/mol. The third kappa shape index (κ3) is 0.212. The highest BCUT2D eigenvalue weighted by atomic mass is 16.5. The maximum atomic E-state index is 3.99. The third-order valence-corrected chi connectivity index (χ3v) is 0.204. The maximum absolute atomic E-state index is 3.99. The Labute approximate surface area is 27.8 Å². The van der Waals surface area contributed by atoms with Crippen LogP contribution in [0.4, 0.5) is 0 Å². The fourth-order valence-electron chi connectivity index (χ4n) is 0.0913. The Morgan fingerprint density at radius 3 is 2.80 bits per heavy atom. The highest BCUT2D eigenvalue weighted by molar-refractivity contribution is 4.06. The Morgan fingerprint density at radius 1 is 1.60 bits per heavy atom. The molecule has 0 aliphatic heterocycles. The second-order valence-electron chi connectivity index (χ2n) is 0.454. The first-order valence-electron chi connectivity index (χ1n) is 1.01. The van der Waals surface area contributed by atoms with Crippen LogP contribution < -0.4 is 0 Å². The van der Waals surface area contributed by atoms with Crippen molar-refractivity contribution in [1.82, 2.24) is 15.6 Å². The fraction of sp³-hybridized carbons (Fsp3) is 0. The second kappa shape index (κ2) is 0.794. The molecule has 1 heterocycles. The van der Waals surface area contributed by atoms with Crippen molar-refractivity contribution in [2.24, 2.45) is 0 Å². The van der Waals surface area contributed by atoms with Gasteiger partial charge in [-0.25, -0.2) is 0 Å². The molecule has 0 atom stereocenters. The molecular formula is CN3O. The molecule has 0 bridgehead atoms. The molecule has 0 aliphatic carbocycles. The van der Waals surface area contributed by atoms with Crippen molar-refractivity contribution in [1.29, 1.82) is 0 Å². The average molecular weight is 70.0 g/mol. The topological polar surface area (TPSA) is 51.8 Å². The number of aromatic nitrogens is 3. The van der Waals surface area contributed by atoms with Crippen LogP contribution in [-0.4, -0.2) is 15.6 Å². The lowest BCUT2D eigenvalue weighted by Crippen LogP contribution is -1.62. The molecule has 0 spiro atoms. The van der Waals surface area contributed by atoms with E-state index in [0.29, 0.717) is 0 Å². The van der Waals surface area contributed by atoms with Crippen molar-refractivity contribution in [2.75, 3.05) is 0 Å². The second-order valence-corrected chi connectivity index (χ2v) is 0.454. The van der Waals surface area contributed by atoms with Gasteiger partial charge in [-0.15, -0.1) is 0 Å². The first kappa shape index (κ1) is 2.32. The molecule has 0 aliphatic rings. The zero-order valence-corrected chi connectivity index (χ0v) is 2.25. The standard InChI is InChI=1S/CN3O/c1-2-3-4-5-1. The largest absolute Gasteiger partial charge is 0.338 e. The molecule has 1 aromatic rings. The van der Waals surface area contributed by atoms with Gasteiger partial charge in [0, 0.05) is 0 Å². The first-order chi connectivity index (χ1) is 2.50. The Bertz CT molecular complexity index is 63.4. The van der Waals surface area contributed by atoms with E-state index in [1.807, 2.05) is 6.39 Å². The highest BCUT2D eigenvalue weighted by Gasteiger charge is 1.65. The molecule has 1 rings (SSSR count). The van der Waals surface area contributed by atoms with E-state index in [0.717, 1.165) is 0 Å². The SMILES string of the molecule is [c]1nnno1. The number of rotatable bonds is 0. The summed E-state index contributed by atoms with van der Waals surface area (Å²) in [5, 5.41) is 9.00. The molecule has 4 heteroatoms. The summed E-state index contributed by atoms with van der Waals surface area (Å²) >= 11 is 0. The van der Waals surface area contributed by atoms with Gasteiger partial charge in [-0.2, -0.15) is 0 Å². The molecule has 0 saturated heterocycles. The van der Waals surface area contributed by atoms with Gasteiger partial charge in [-0.05, 0) is 5.21 Å². The minimum Gasteiger partial charge on any atom is -0.309 e. The van der Waals surface area contributed by atoms with Crippen LogP contribution in [-0.2, 0) is 0 Å². The number of hydrogen-bond acceptors (Lipinski definition) is 4. The van der Waals surface area contributed by atoms with E-state index in [-0.39, 0.29) is 0 Å². The summed E-state index contributed by atoms with van der Waals surface area (Å²) in [6.07, 6.45) is 2.01. The molecule has 0 amide bonds. The van der Waals surface area contributed by atoms with Gasteiger partial charge in [0.15, 0.2) is 0 Å². The summed E-state index contributed by atoms with van der Waals surface area (Å²) in [5.74, 6) is 0. The van der Waals surface area contributed by atoms with Crippen molar-refractivity contribution in [3.63, 3.8) is 0 Å². The van der Waals surface area contributed by atoms with Gasteiger partial charge in [0.25, 0.3) is 0 Å². The van der Waals surface area contributed by atoms with Crippen LogP contribution in [0, 0.1) is 6.39 Å². The minimum absolute atomic E-state index is 2.01. The molecule has 0 unspecified atom stereocenters. The van der Waals surface area contributed by atoms with Gasteiger partial charge < -0.3 is 4.52 Å². The van der Waals surface area contributed by atoms with E-state index >= 15 is 0 Å². The Kier molecular flexibility index (Phi) is 0.368. The zero-order valence-electron chi connectivity index (χ0n) is 2.25. The van der Waals surface area contributed by atoms with E-state index in [1.165, 1.54) is 0 Å². The van der Waals surface area contributed by atoms with Crippen molar-refractivity contribution in [3.8, 4) is 0 Å². The molecule has 1 aromatic heterocycles. The van der Waals surface area contributed by atoms with Gasteiger partial charge in [0.05, 0.1) is 5.27 Å². The van der Waals surface area contributed by atoms with Crippen LogP contribution >= 0.6 is 0 Å². The molecule has 0 saturated carbocycles. The number of nitrogens with zero attached hydrogens (tertiary/aromatic N) is 3. The Morgan fingerprint density at radius 2 is 2.60 bits per heavy atom. The predicted octanol–water partition coefficient (Wildman–Crippen LogP) is -0.735. The summed E-state index contributed by atoms with van der Waals surface area (Å²) in [5.41, 5.74) is 0. The molecule has 1 radical (unpaired) electrons. The monoisotopic (exact) mass is 70.0 g/mol. The van der Waals surface area contributed by atoms with Crippen molar-refractivity contribution in [2.45, 2.75) is 0 Å². The molecular weight excluding hydrogens is 70.0 g/mol. The average Bonchev–Trinajstić information content (AvgIpc) is 1.76. The molecule has 4 nitrogen and oxygen atoms in total. The van der Waals surface area contributed by atoms with E-state index in [4.69, 9.17) is 0 Å². The summed E-state index contributed by atoms with van der Waals surface area (Å²) in [6, 6.07) is 0. The first-order valence-corrected chi connectivity index (χ1v) is 1.01. The van der Waals surface area contributed by atoms with Crippen LogP contribution in [0.2, 0.25) is 0 Å².